The molecule has 3 rings (SSSR count). The average molecular weight is 338 g/mol. The minimum Gasteiger partial charge on any atom is -0.390 e. The van der Waals surface area contributed by atoms with Gasteiger partial charge in [0, 0.05) is 0 Å². The number of aliphatic hydroxyl groups is 3. The summed E-state index contributed by atoms with van der Waals surface area (Å²) in [7, 11) is 0. The largest absolute Gasteiger partial charge is 0.390 e. The topological polar surface area (TPSA) is 69.9 Å². The van der Waals surface area contributed by atoms with Crippen molar-refractivity contribution in [3.05, 3.63) is 12.7 Å². The van der Waals surface area contributed by atoms with E-state index in [4.69, 9.17) is 4.74 Å². The van der Waals surface area contributed by atoms with Crippen molar-refractivity contribution in [2.75, 3.05) is 0 Å². The molecular formula is C20H34O4. The van der Waals surface area contributed by atoms with Gasteiger partial charge in [-0.05, 0) is 55.8 Å². The van der Waals surface area contributed by atoms with Gasteiger partial charge in [-0.1, -0.05) is 33.3 Å². The van der Waals surface area contributed by atoms with E-state index in [9.17, 15) is 15.3 Å². The van der Waals surface area contributed by atoms with E-state index in [-0.39, 0.29) is 22.7 Å². The smallest absolute Gasteiger partial charge is 0.110 e. The van der Waals surface area contributed by atoms with Gasteiger partial charge in [0.2, 0.25) is 0 Å². The highest BCUT2D eigenvalue weighted by atomic mass is 16.6. The third kappa shape index (κ3) is 2.19. The fraction of sp³-hybridized carbons (Fsp3) is 0.900. The van der Waals surface area contributed by atoms with E-state index in [2.05, 4.69) is 27.4 Å². The molecule has 4 heteroatoms. The van der Waals surface area contributed by atoms with Crippen molar-refractivity contribution in [3.8, 4) is 0 Å². The Kier molecular flexibility index (Phi) is 4.05. The number of ether oxygens (including phenoxy) is 1. The third-order valence-electron chi connectivity index (χ3n) is 7.79. The Morgan fingerprint density at radius 2 is 1.67 bits per heavy atom. The molecule has 0 aromatic heterocycles. The fourth-order valence-electron chi connectivity index (χ4n) is 6.57. The maximum atomic E-state index is 11.1. The van der Waals surface area contributed by atoms with E-state index in [1.54, 1.807) is 6.08 Å². The Labute approximate surface area is 145 Å². The van der Waals surface area contributed by atoms with Crippen LogP contribution in [0.25, 0.3) is 0 Å². The number of hydrogen-bond acceptors (Lipinski definition) is 4. The summed E-state index contributed by atoms with van der Waals surface area (Å²) >= 11 is 0. The summed E-state index contributed by atoms with van der Waals surface area (Å²) in [6.45, 7) is 14.1. The van der Waals surface area contributed by atoms with Crippen LogP contribution in [0.1, 0.15) is 60.3 Å². The van der Waals surface area contributed by atoms with Crippen LogP contribution < -0.4 is 0 Å². The van der Waals surface area contributed by atoms with Crippen LogP contribution in [0.4, 0.5) is 0 Å². The molecule has 1 aliphatic heterocycles. The van der Waals surface area contributed by atoms with E-state index in [1.165, 1.54) is 0 Å². The maximum Gasteiger partial charge on any atom is 0.110 e. The molecular weight excluding hydrogens is 304 g/mol. The van der Waals surface area contributed by atoms with Crippen molar-refractivity contribution in [2.24, 2.45) is 22.7 Å². The second-order valence-corrected chi connectivity index (χ2v) is 9.74. The van der Waals surface area contributed by atoms with Gasteiger partial charge in [0.25, 0.3) is 0 Å². The monoisotopic (exact) mass is 338 g/mol. The van der Waals surface area contributed by atoms with Gasteiger partial charge in [-0.15, -0.1) is 6.58 Å². The summed E-state index contributed by atoms with van der Waals surface area (Å²) in [6, 6.07) is 0. The summed E-state index contributed by atoms with van der Waals surface area (Å²) in [5.74, 6) is -0.00767. The lowest BCUT2D eigenvalue weighted by atomic mass is 9.42. The second kappa shape index (κ2) is 5.29. The minimum absolute atomic E-state index is 0.00370. The molecule has 3 N–H and O–H groups in total. The first-order chi connectivity index (χ1) is 10.9. The van der Waals surface area contributed by atoms with Gasteiger partial charge < -0.3 is 20.1 Å². The summed E-state index contributed by atoms with van der Waals surface area (Å²) in [5, 5.41) is 32.8. The molecule has 0 unspecified atom stereocenters. The van der Waals surface area contributed by atoms with Crippen LogP contribution in [0.15, 0.2) is 12.7 Å². The predicted octanol–water partition coefficient (Wildman–Crippen LogP) is 2.66. The molecule has 2 saturated carbocycles. The molecule has 1 heterocycles. The predicted molar refractivity (Wildman–Crippen MR) is 93.4 cm³/mol. The van der Waals surface area contributed by atoms with Crippen molar-refractivity contribution < 1.29 is 20.1 Å². The molecule has 0 amide bonds. The lowest BCUT2D eigenvalue weighted by Crippen LogP contribution is -2.74. The average Bonchev–Trinajstić information content (AvgIpc) is 2.47. The van der Waals surface area contributed by atoms with Crippen LogP contribution >= 0.6 is 0 Å². The quantitative estimate of drug-likeness (QED) is 0.643. The van der Waals surface area contributed by atoms with Crippen LogP contribution in [-0.2, 0) is 4.74 Å². The Morgan fingerprint density at radius 1 is 1.04 bits per heavy atom. The van der Waals surface area contributed by atoms with Gasteiger partial charge in [0.1, 0.15) is 11.7 Å². The molecule has 8 atom stereocenters. The summed E-state index contributed by atoms with van der Waals surface area (Å²) < 4.78 is 6.31. The van der Waals surface area contributed by atoms with Crippen LogP contribution in [0.3, 0.4) is 0 Å². The lowest BCUT2D eigenvalue weighted by Gasteiger charge is -2.68. The van der Waals surface area contributed by atoms with Crippen LogP contribution in [0, 0.1) is 22.7 Å². The first-order valence-electron chi connectivity index (χ1n) is 9.30. The number of aliphatic hydroxyl groups excluding tert-OH is 3. The molecule has 0 spiro atoms. The molecule has 24 heavy (non-hydrogen) atoms. The Morgan fingerprint density at radius 3 is 2.25 bits per heavy atom. The normalized spacial score (nSPS) is 56.9. The van der Waals surface area contributed by atoms with Crippen LogP contribution in [-0.4, -0.2) is 44.8 Å². The summed E-state index contributed by atoms with van der Waals surface area (Å²) in [4.78, 5) is 0. The van der Waals surface area contributed by atoms with E-state index in [1.807, 2.05) is 13.8 Å². The highest BCUT2D eigenvalue weighted by Gasteiger charge is 2.69. The molecule has 0 radical (unpaired) electrons. The van der Waals surface area contributed by atoms with Crippen molar-refractivity contribution in [2.45, 2.75) is 89.8 Å². The Balaban J connectivity index is 2.10. The fourth-order valence-corrected chi connectivity index (χ4v) is 6.57. The molecule has 1 saturated heterocycles. The van der Waals surface area contributed by atoms with Crippen molar-refractivity contribution >= 4 is 0 Å². The first-order valence-corrected chi connectivity index (χ1v) is 9.30. The number of rotatable bonds is 1. The Bertz CT molecular complexity index is 532. The minimum atomic E-state index is -0.968. The molecule has 4 nitrogen and oxygen atoms in total. The van der Waals surface area contributed by atoms with Gasteiger partial charge in [0.05, 0.1) is 17.8 Å². The van der Waals surface area contributed by atoms with E-state index in [0.29, 0.717) is 6.42 Å². The second-order valence-electron chi connectivity index (χ2n) is 9.74. The molecule has 3 fully saturated rings. The van der Waals surface area contributed by atoms with E-state index >= 15 is 0 Å². The SMILES string of the molecule is C=C[C@]1(C)O[C@@]2(C)[C@H](C[C@H]1O)[C@@]1(C)CCCC(C)(C)[C@@H]1[C@@H](O)[C@@H]2O. The zero-order valence-corrected chi connectivity index (χ0v) is 15.7. The van der Waals surface area contributed by atoms with Crippen LogP contribution in [0.2, 0.25) is 0 Å². The Hall–Kier alpha value is -0.420. The lowest BCUT2D eigenvalue weighted by molar-refractivity contribution is -0.336. The van der Waals surface area contributed by atoms with Gasteiger partial charge in [0.15, 0.2) is 0 Å². The standard InChI is InChI=1S/C20H34O4/c1-7-19(5)13(21)11-12-18(4)10-8-9-17(2,3)15(18)14(22)16(23)20(12,6)24-19/h7,12-16,21-23H,1,8-11H2,2-6H3/t12-,13-,14-,15+,16+,18-,19+,20+/m1/s1. The zero-order chi connectivity index (χ0) is 18.1. The molecule has 3 aliphatic rings. The number of hydrogen-bond donors (Lipinski definition) is 3. The van der Waals surface area contributed by atoms with Gasteiger partial charge in [-0.3, -0.25) is 0 Å². The summed E-state index contributed by atoms with van der Waals surface area (Å²) in [6.07, 6.45) is 2.88. The van der Waals surface area contributed by atoms with Crippen LogP contribution in [0.5, 0.6) is 0 Å². The van der Waals surface area contributed by atoms with Gasteiger partial charge in [-0.2, -0.15) is 0 Å². The zero-order valence-electron chi connectivity index (χ0n) is 15.7. The third-order valence-corrected chi connectivity index (χ3v) is 7.79. The highest BCUT2D eigenvalue weighted by Crippen LogP contribution is 2.65. The summed E-state index contributed by atoms with van der Waals surface area (Å²) in [5.41, 5.74) is -2.00. The highest BCUT2D eigenvalue weighted by molar-refractivity contribution is 5.19. The van der Waals surface area contributed by atoms with Gasteiger partial charge >= 0.3 is 0 Å². The molecule has 0 aromatic rings. The first kappa shape index (κ1) is 18.4. The van der Waals surface area contributed by atoms with E-state index < -0.39 is 29.5 Å². The van der Waals surface area contributed by atoms with Crippen molar-refractivity contribution in [3.63, 3.8) is 0 Å². The molecule has 0 aromatic carbocycles. The van der Waals surface area contributed by atoms with Crippen molar-refractivity contribution in [1.82, 2.24) is 0 Å². The van der Waals surface area contributed by atoms with Gasteiger partial charge in [-0.25, -0.2) is 0 Å². The molecule has 2 aliphatic carbocycles. The molecule has 0 bridgehead atoms. The number of fused-ring (bicyclic) bond motifs is 3. The van der Waals surface area contributed by atoms with Crippen molar-refractivity contribution in [1.29, 1.82) is 0 Å². The van der Waals surface area contributed by atoms with E-state index in [0.717, 1.165) is 19.3 Å². The maximum absolute atomic E-state index is 11.1. The molecule has 138 valence electrons.